The van der Waals surface area contributed by atoms with E-state index < -0.39 is 34.8 Å². The first-order valence-electron chi connectivity index (χ1n) is 12.4. The average molecular weight is 534 g/mol. The van der Waals surface area contributed by atoms with E-state index in [1.165, 1.54) is 31.4 Å². The number of nitrogens with zero attached hydrogens (tertiary/aromatic N) is 3. The summed E-state index contributed by atoms with van der Waals surface area (Å²) in [5.74, 6) is -1.13. The number of rotatable bonds is 9. The number of anilines is 2. The Labute approximate surface area is 224 Å². The summed E-state index contributed by atoms with van der Waals surface area (Å²) < 4.78 is 16.3. The summed E-state index contributed by atoms with van der Waals surface area (Å²) in [6.45, 7) is 2.53. The van der Waals surface area contributed by atoms with Crippen molar-refractivity contribution in [3.05, 3.63) is 82.4 Å². The molecule has 11 heteroatoms. The van der Waals surface area contributed by atoms with Gasteiger partial charge in [-0.25, -0.2) is 9.96 Å². The number of para-hydroxylation sites is 1. The Morgan fingerprint density at radius 2 is 1.59 bits per heavy atom. The molecule has 2 saturated heterocycles. The summed E-state index contributed by atoms with van der Waals surface area (Å²) in [7, 11) is 2.79. The number of hydrogen-bond donors (Lipinski definition) is 0. The minimum absolute atomic E-state index is 0.153. The zero-order valence-corrected chi connectivity index (χ0v) is 21.6. The molecule has 202 valence electrons. The third kappa shape index (κ3) is 4.50. The molecule has 2 fully saturated rings. The maximum absolute atomic E-state index is 13.9. The lowest BCUT2D eigenvalue weighted by molar-refractivity contribution is -0.385. The molecule has 0 aliphatic carbocycles. The number of imide groups is 1. The SMILES string of the molecule is CCCOc1ccc(N2C(=O)[C@@H]3[C@@H](c4cc(OC)c(OC)cc4[N+](=O)[O-])N(c4ccccc4)O[C@H]3C2=O)cc1. The molecular weight excluding hydrogens is 506 g/mol. The number of carbonyl (C=O) groups is 2. The predicted octanol–water partition coefficient (Wildman–Crippen LogP) is 4.45. The van der Waals surface area contributed by atoms with Gasteiger partial charge < -0.3 is 14.2 Å². The van der Waals surface area contributed by atoms with E-state index in [-0.39, 0.29) is 22.7 Å². The fourth-order valence-corrected chi connectivity index (χ4v) is 4.97. The van der Waals surface area contributed by atoms with Crippen LogP contribution in [0.25, 0.3) is 0 Å². The van der Waals surface area contributed by atoms with Gasteiger partial charge in [0.05, 0.1) is 48.8 Å². The van der Waals surface area contributed by atoms with Crippen LogP contribution in [0.5, 0.6) is 17.2 Å². The van der Waals surface area contributed by atoms with Crippen LogP contribution in [0, 0.1) is 16.0 Å². The van der Waals surface area contributed by atoms with Crippen LogP contribution >= 0.6 is 0 Å². The van der Waals surface area contributed by atoms with Gasteiger partial charge in [0.25, 0.3) is 11.6 Å². The summed E-state index contributed by atoms with van der Waals surface area (Å²) >= 11 is 0. The molecule has 3 atom stereocenters. The molecule has 39 heavy (non-hydrogen) atoms. The zero-order chi connectivity index (χ0) is 27.7. The van der Waals surface area contributed by atoms with Gasteiger partial charge in [0, 0.05) is 0 Å². The number of fused-ring (bicyclic) bond motifs is 1. The van der Waals surface area contributed by atoms with E-state index in [1.54, 1.807) is 54.6 Å². The summed E-state index contributed by atoms with van der Waals surface area (Å²) in [6.07, 6.45) is -0.348. The quantitative estimate of drug-likeness (QED) is 0.223. The van der Waals surface area contributed by atoms with Gasteiger partial charge in [-0.3, -0.25) is 24.5 Å². The molecular formula is C28H27N3O8. The molecule has 0 radical (unpaired) electrons. The number of nitro groups is 1. The largest absolute Gasteiger partial charge is 0.494 e. The molecule has 0 spiro atoms. The van der Waals surface area contributed by atoms with Crippen molar-refractivity contribution in [2.75, 3.05) is 30.8 Å². The van der Waals surface area contributed by atoms with Crippen LogP contribution < -0.4 is 24.2 Å². The second kappa shape index (κ2) is 10.6. The summed E-state index contributed by atoms with van der Waals surface area (Å²) in [4.78, 5) is 46.3. The minimum atomic E-state index is -1.19. The van der Waals surface area contributed by atoms with Crippen molar-refractivity contribution in [3.8, 4) is 17.2 Å². The molecule has 2 aliphatic rings. The van der Waals surface area contributed by atoms with Crippen LogP contribution in [0.3, 0.4) is 0 Å². The van der Waals surface area contributed by atoms with Gasteiger partial charge in [-0.05, 0) is 48.9 Å². The standard InChI is InChI=1S/C28H27N3O8/c1-4-14-38-19-12-10-17(11-13-19)29-27(32)24-25(20-15-22(36-2)23(37-3)16-21(20)31(34)35)30(39-26(24)28(29)33)18-8-6-5-7-9-18/h5-13,15-16,24-26H,4,14H2,1-3H3/t24-,25-,26-/m1/s1. The van der Waals surface area contributed by atoms with Crippen molar-refractivity contribution in [3.63, 3.8) is 0 Å². The highest BCUT2D eigenvalue weighted by atomic mass is 16.7. The Morgan fingerprint density at radius 3 is 2.21 bits per heavy atom. The Bertz CT molecular complexity index is 1400. The molecule has 2 heterocycles. The smallest absolute Gasteiger partial charge is 0.278 e. The molecule has 3 aromatic rings. The first-order valence-corrected chi connectivity index (χ1v) is 12.4. The van der Waals surface area contributed by atoms with Crippen molar-refractivity contribution in [1.29, 1.82) is 0 Å². The number of ether oxygens (including phenoxy) is 3. The van der Waals surface area contributed by atoms with Crippen molar-refractivity contribution in [2.45, 2.75) is 25.5 Å². The molecule has 3 aromatic carbocycles. The van der Waals surface area contributed by atoms with Crippen molar-refractivity contribution < 1.29 is 33.6 Å². The fourth-order valence-electron chi connectivity index (χ4n) is 4.97. The monoisotopic (exact) mass is 533 g/mol. The van der Waals surface area contributed by atoms with Gasteiger partial charge in [0.2, 0.25) is 5.91 Å². The van der Waals surface area contributed by atoms with E-state index in [1.807, 2.05) is 6.92 Å². The number of hydrogen-bond acceptors (Lipinski definition) is 9. The first-order chi connectivity index (χ1) is 18.9. The van der Waals surface area contributed by atoms with E-state index in [4.69, 9.17) is 19.0 Å². The molecule has 2 amide bonds. The number of methoxy groups -OCH3 is 2. The van der Waals surface area contributed by atoms with Gasteiger partial charge >= 0.3 is 0 Å². The second-order valence-electron chi connectivity index (χ2n) is 9.04. The normalized spacial score (nSPS) is 20.2. The lowest BCUT2D eigenvalue weighted by Crippen LogP contribution is -2.37. The third-order valence-corrected chi connectivity index (χ3v) is 6.74. The third-order valence-electron chi connectivity index (χ3n) is 6.74. The van der Waals surface area contributed by atoms with E-state index in [0.717, 1.165) is 11.3 Å². The summed E-state index contributed by atoms with van der Waals surface area (Å²) in [5, 5.41) is 13.6. The Balaban J connectivity index is 1.60. The highest BCUT2D eigenvalue weighted by Gasteiger charge is 2.61. The van der Waals surface area contributed by atoms with Crippen molar-refractivity contribution >= 4 is 28.9 Å². The molecule has 11 nitrogen and oxygen atoms in total. The Morgan fingerprint density at radius 1 is 0.923 bits per heavy atom. The molecule has 0 saturated carbocycles. The van der Waals surface area contributed by atoms with Crippen LogP contribution in [-0.2, 0) is 14.4 Å². The van der Waals surface area contributed by atoms with E-state index >= 15 is 0 Å². The molecule has 0 aromatic heterocycles. The molecule has 0 unspecified atom stereocenters. The molecule has 0 bridgehead atoms. The maximum atomic E-state index is 13.9. The van der Waals surface area contributed by atoms with Crippen LogP contribution in [0.1, 0.15) is 24.9 Å². The predicted molar refractivity (Wildman–Crippen MR) is 141 cm³/mol. The van der Waals surface area contributed by atoms with E-state index in [2.05, 4.69) is 0 Å². The fraction of sp³-hybridized carbons (Fsp3) is 0.286. The number of amides is 2. The topological polar surface area (TPSA) is 121 Å². The number of hydroxylamine groups is 1. The number of carbonyl (C=O) groups excluding carboxylic acids is 2. The second-order valence-corrected chi connectivity index (χ2v) is 9.04. The molecule has 2 aliphatic heterocycles. The van der Waals surface area contributed by atoms with Gasteiger partial charge in [-0.2, -0.15) is 0 Å². The van der Waals surface area contributed by atoms with Crippen molar-refractivity contribution in [1.82, 2.24) is 0 Å². The molecule has 0 N–H and O–H groups in total. The van der Waals surface area contributed by atoms with Crippen LogP contribution in [-0.4, -0.2) is 43.7 Å². The lowest BCUT2D eigenvalue weighted by atomic mass is 9.89. The van der Waals surface area contributed by atoms with Gasteiger partial charge in [-0.15, -0.1) is 0 Å². The minimum Gasteiger partial charge on any atom is -0.494 e. The highest BCUT2D eigenvalue weighted by Crippen LogP contribution is 2.51. The number of nitro benzene ring substituents is 1. The van der Waals surface area contributed by atoms with E-state index in [9.17, 15) is 19.7 Å². The highest BCUT2D eigenvalue weighted by molar-refractivity contribution is 6.24. The van der Waals surface area contributed by atoms with Crippen molar-refractivity contribution in [2.24, 2.45) is 5.92 Å². The zero-order valence-electron chi connectivity index (χ0n) is 21.6. The van der Waals surface area contributed by atoms with Crippen LogP contribution in [0.2, 0.25) is 0 Å². The van der Waals surface area contributed by atoms with Crippen LogP contribution in [0.15, 0.2) is 66.7 Å². The van der Waals surface area contributed by atoms with Gasteiger partial charge in [0.15, 0.2) is 17.6 Å². The number of benzene rings is 3. The Hall–Kier alpha value is -4.64. The first kappa shape index (κ1) is 26.0. The summed E-state index contributed by atoms with van der Waals surface area (Å²) in [6, 6.07) is 17.2. The van der Waals surface area contributed by atoms with Crippen LogP contribution in [0.4, 0.5) is 17.1 Å². The lowest BCUT2D eigenvalue weighted by Gasteiger charge is -2.29. The average Bonchev–Trinajstić information content (AvgIpc) is 3.47. The maximum Gasteiger partial charge on any atom is 0.278 e. The molecule has 5 rings (SSSR count). The Kier molecular flexibility index (Phi) is 7.07. The summed E-state index contributed by atoms with van der Waals surface area (Å²) in [5.41, 5.74) is 0.753. The van der Waals surface area contributed by atoms with E-state index in [0.29, 0.717) is 23.7 Å². The van der Waals surface area contributed by atoms with Gasteiger partial charge in [0.1, 0.15) is 17.7 Å². The van der Waals surface area contributed by atoms with Gasteiger partial charge in [-0.1, -0.05) is 25.1 Å².